The van der Waals surface area contributed by atoms with Gasteiger partial charge in [-0.3, -0.25) is 0 Å². The van der Waals surface area contributed by atoms with Crippen LogP contribution < -0.4 is 12.3 Å². The summed E-state index contributed by atoms with van der Waals surface area (Å²) < 4.78 is 0. The third kappa shape index (κ3) is 3.95. The molecule has 4 aromatic rings. The number of hydrogen-bond acceptors (Lipinski definition) is 4. The van der Waals surface area contributed by atoms with Gasteiger partial charge in [-0.1, -0.05) is 0 Å². The molecule has 6 rings (SSSR count). The minimum Gasteiger partial charge on any atom is -0.355 e. The molecule has 0 amide bonds. The summed E-state index contributed by atoms with van der Waals surface area (Å²) >= 11 is 0. The predicted octanol–water partition coefficient (Wildman–Crippen LogP) is 6.02. The number of nitrogens with one attached hydrogen (secondary N) is 3. The summed E-state index contributed by atoms with van der Waals surface area (Å²) in [5.74, 6) is 0. The SMILES string of the molecule is C1=Cc2nc1cc1ccc(cc3ccc(cc4ccc(cc5nc2C=C5)[nH]4)[nH]3)[nH]1.N.N. The molecule has 0 unspecified atom stereocenters. The second-order valence-electron chi connectivity index (χ2n) is 7.19. The predicted molar refractivity (Wildman–Crippen MR) is 130 cm³/mol. The quantitative estimate of drug-likeness (QED) is 0.209. The maximum Gasteiger partial charge on any atom is 0.0894 e. The molecule has 6 heterocycles. The molecule has 0 fully saturated rings. The normalized spacial score (nSPS) is 11.7. The van der Waals surface area contributed by atoms with Gasteiger partial charge in [-0.05, 0) is 85.0 Å². The average Bonchev–Trinajstić information content (AvgIpc) is 3.50. The summed E-state index contributed by atoms with van der Waals surface area (Å²) in [4.78, 5) is 19.7. The van der Waals surface area contributed by atoms with E-state index in [1.807, 2.05) is 36.4 Å². The van der Waals surface area contributed by atoms with Crippen molar-refractivity contribution in [2.24, 2.45) is 0 Å². The van der Waals surface area contributed by atoms with E-state index in [0.717, 1.165) is 55.9 Å². The van der Waals surface area contributed by atoms with E-state index in [4.69, 9.17) is 9.97 Å². The summed E-state index contributed by atoms with van der Waals surface area (Å²) in [5.41, 5.74) is 9.77. The Labute approximate surface area is 178 Å². The van der Waals surface area contributed by atoms with Gasteiger partial charge >= 0.3 is 0 Å². The van der Waals surface area contributed by atoms with Crippen LogP contribution >= 0.6 is 0 Å². The molecule has 0 radical (unpaired) electrons. The number of H-pyrrole nitrogens is 3. The molecule has 0 saturated heterocycles. The van der Waals surface area contributed by atoms with E-state index in [2.05, 4.69) is 63.5 Å². The van der Waals surface area contributed by atoms with E-state index in [-0.39, 0.29) is 12.3 Å². The highest BCUT2D eigenvalue weighted by molar-refractivity contribution is 5.81. The van der Waals surface area contributed by atoms with E-state index < -0.39 is 0 Å². The van der Waals surface area contributed by atoms with Crippen molar-refractivity contribution in [1.82, 2.24) is 37.2 Å². The van der Waals surface area contributed by atoms with Gasteiger partial charge in [0.1, 0.15) is 0 Å². The van der Waals surface area contributed by atoms with Crippen LogP contribution in [0, 0.1) is 0 Å². The van der Waals surface area contributed by atoms with Crippen molar-refractivity contribution >= 4 is 57.4 Å². The smallest absolute Gasteiger partial charge is 0.0894 e. The fraction of sp³-hybridized carbons (Fsp3) is 0. The summed E-state index contributed by atoms with van der Waals surface area (Å²) in [7, 11) is 0. The number of rotatable bonds is 0. The average molecular weight is 409 g/mol. The van der Waals surface area contributed by atoms with Gasteiger partial charge in [-0.25, -0.2) is 9.97 Å². The molecule has 0 spiro atoms. The standard InChI is InChI=1S/C24H17N5.2H3N/c1-2-16-12-18-4-6-20(27-18)14-22-8-10-24(29-22)23-9-7-21(28-23)13-19-5-3-17(26-19)11-15(1)25-16;;/h1-14,25-27H;2*1H3. The topological polar surface area (TPSA) is 143 Å². The number of hydrogen-bond donors (Lipinski definition) is 5. The van der Waals surface area contributed by atoms with Crippen LogP contribution in [0.25, 0.3) is 57.4 Å². The zero-order valence-electron chi connectivity index (χ0n) is 16.9. The molecule has 7 nitrogen and oxygen atoms in total. The van der Waals surface area contributed by atoms with Gasteiger partial charge in [0.15, 0.2) is 0 Å². The molecule has 4 aromatic heterocycles. The molecule has 9 N–H and O–H groups in total. The number of aromatic nitrogens is 5. The number of fused-ring (bicyclic) bond motifs is 11. The van der Waals surface area contributed by atoms with Crippen molar-refractivity contribution in [3.05, 3.63) is 83.4 Å². The minimum absolute atomic E-state index is 0. The van der Waals surface area contributed by atoms with Crippen LogP contribution in [0.3, 0.4) is 0 Å². The maximum absolute atomic E-state index is 4.71. The van der Waals surface area contributed by atoms with Crippen LogP contribution in [0.5, 0.6) is 0 Å². The van der Waals surface area contributed by atoms with E-state index in [0.29, 0.717) is 0 Å². The molecule has 2 aliphatic rings. The van der Waals surface area contributed by atoms with Crippen molar-refractivity contribution < 1.29 is 0 Å². The molecule has 154 valence electrons. The Balaban J connectivity index is 0.00000116. The first-order valence-electron chi connectivity index (χ1n) is 9.51. The monoisotopic (exact) mass is 409 g/mol. The molecular weight excluding hydrogens is 386 g/mol. The Morgan fingerprint density at radius 2 is 0.742 bits per heavy atom. The molecule has 7 heteroatoms. The van der Waals surface area contributed by atoms with Gasteiger partial charge in [0.2, 0.25) is 0 Å². The van der Waals surface area contributed by atoms with Gasteiger partial charge in [0, 0.05) is 33.1 Å². The van der Waals surface area contributed by atoms with Crippen LogP contribution in [-0.2, 0) is 0 Å². The van der Waals surface area contributed by atoms with Gasteiger partial charge in [-0.2, -0.15) is 0 Å². The Morgan fingerprint density at radius 1 is 0.419 bits per heavy atom. The molecular formula is C24H23N7. The lowest BCUT2D eigenvalue weighted by Gasteiger charge is -1.87. The van der Waals surface area contributed by atoms with Crippen LogP contribution in [0.1, 0.15) is 22.8 Å². The van der Waals surface area contributed by atoms with E-state index in [9.17, 15) is 0 Å². The van der Waals surface area contributed by atoms with E-state index in [1.165, 1.54) is 0 Å². The highest BCUT2D eigenvalue weighted by atomic mass is 14.8. The minimum atomic E-state index is 0. The maximum atomic E-state index is 4.71. The summed E-state index contributed by atoms with van der Waals surface area (Å²) in [6, 6.07) is 20.7. The van der Waals surface area contributed by atoms with Crippen molar-refractivity contribution in [2.45, 2.75) is 0 Å². The zero-order chi connectivity index (χ0) is 19.2. The molecule has 0 aromatic carbocycles. The Morgan fingerprint density at radius 3 is 1.10 bits per heavy atom. The fourth-order valence-corrected chi connectivity index (χ4v) is 3.65. The Bertz CT molecular complexity index is 1400. The third-order valence-corrected chi connectivity index (χ3v) is 5.01. The van der Waals surface area contributed by atoms with E-state index >= 15 is 0 Å². The third-order valence-electron chi connectivity index (χ3n) is 5.01. The highest BCUT2D eigenvalue weighted by Crippen LogP contribution is 2.20. The molecule has 31 heavy (non-hydrogen) atoms. The lowest BCUT2D eigenvalue weighted by Crippen LogP contribution is -1.81. The van der Waals surface area contributed by atoms with Crippen LogP contribution in [0.15, 0.2) is 60.7 Å². The van der Waals surface area contributed by atoms with Crippen LogP contribution in [-0.4, -0.2) is 24.9 Å². The summed E-state index contributed by atoms with van der Waals surface area (Å²) in [6.07, 6.45) is 8.05. The first kappa shape index (κ1) is 20.1. The summed E-state index contributed by atoms with van der Waals surface area (Å²) in [6.45, 7) is 0. The lowest BCUT2D eigenvalue weighted by atomic mass is 10.3. The molecule has 0 aliphatic carbocycles. The number of nitrogens with zero attached hydrogens (tertiary/aromatic N) is 2. The second kappa shape index (κ2) is 7.91. The molecule has 0 saturated carbocycles. The Kier molecular flexibility index (Phi) is 5.12. The van der Waals surface area contributed by atoms with Crippen LogP contribution in [0.4, 0.5) is 0 Å². The van der Waals surface area contributed by atoms with Crippen molar-refractivity contribution in [1.29, 1.82) is 0 Å². The fourth-order valence-electron chi connectivity index (χ4n) is 3.65. The largest absolute Gasteiger partial charge is 0.355 e. The Hall–Kier alpha value is -4.20. The van der Waals surface area contributed by atoms with Gasteiger partial charge in [0.25, 0.3) is 0 Å². The lowest BCUT2D eigenvalue weighted by molar-refractivity contribution is 1.23. The second-order valence-corrected chi connectivity index (χ2v) is 7.19. The summed E-state index contributed by atoms with van der Waals surface area (Å²) in [5, 5.41) is 0. The first-order valence-corrected chi connectivity index (χ1v) is 9.51. The van der Waals surface area contributed by atoms with Gasteiger partial charge in [0.05, 0.1) is 22.8 Å². The van der Waals surface area contributed by atoms with Crippen LogP contribution in [0.2, 0.25) is 0 Å². The van der Waals surface area contributed by atoms with Gasteiger partial charge in [-0.15, -0.1) is 0 Å². The van der Waals surface area contributed by atoms with Crippen molar-refractivity contribution in [3.8, 4) is 0 Å². The number of aromatic amines is 3. The molecule has 10 bridgehead atoms. The first-order chi connectivity index (χ1) is 14.3. The zero-order valence-corrected chi connectivity index (χ0v) is 16.9. The van der Waals surface area contributed by atoms with Gasteiger partial charge < -0.3 is 27.3 Å². The molecule has 0 atom stereocenters. The highest BCUT2D eigenvalue weighted by Gasteiger charge is 2.07. The van der Waals surface area contributed by atoms with Crippen molar-refractivity contribution in [2.75, 3.05) is 0 Å². The van der Waals surface area contributed by atoms with E-state index in [1.54, 1.807) is 0 Å². The van der Waals surface area contributed by atoms with Crippen molar-refractivity contribution in [3.63, 3.8) is 0 Å². The molecule has 2 aliphatic heterocycles.